The Balaban J connectivity index is 1.69. The molecule has 0 fully saturated rings. The second-order valence-electron chi connectivity index (χ2n) is 6.01. The molecule has 0 radical (unpaired) electrons. The number of carbonyl (C=O) groups is 1. The Morgan fingerprint density at radius 3 is 2.48 bits per heavy atom. The molecule has 1 aromatic heterocycles. The molecule has 0 unspecified atom stereocenters. The second kappa shape index (κ2) is 7.70. The molecule has 0 bridgehead atoms. The van der Waals surface area contributed by atoms with Crippen molar-refractivity contribution in [2.24, 2.45) is 0 Å². The van der Waals surface area contributed by atoms with E-state index in [4.69, 9.17) is 0 Å². The summed E-state index contributed by atoms with van der Waals surface area (Å²) in [4.78, 5) is 16.5. The Hall–Kier alpha value is -2.33. The molecule has 0 saturated heterocycles. The number of ketones is 1. The van der Waals surface area contributed by atoms with E-state index in [1.54, 1.807) is 18.3 Å². The van der Waals surface area contributed by atoms with Gasteiger partial charge in [0.25, 0.3) is 0 Å². The van der Waals surface area contributed by atoms with E-state index in [9.17, 15) is 9.18 Å². The van der Waals surface area contributed by atoms with Crippen molar-refractivity contribution in [3.8, 4) is 11.1 Å². The molecule has 1 heterocycles. The third-order valence-corrected chi connectivity index (χ3v) is 4.47. The number of aromatic nitrogens is 1. The van der Waals surface area contributed by atoms with Crippen molar-refractivity contribution < 1.29 is 9.18 Å². The summed E-state index contributed by atoms with van der Waals surface area (Å²) in [6, 6.07) is 16.5. The molecular weight excluding hydrogens is 381 g/mol. The van der Waals surface area contributed by atoms with Crippen LogP contribution < -0.4 is 0 Å². The van der Waals surface area contributed by atoms with Crippen LogP contribution in [0.25, 0.3) is 11.1 Å². The standard InChI is InChI=1S/C21H17BrFNO/c1-14-10-17(8-9-24-14)16-4-2-15(3-5-16)11-20(25)13-18-12-19(22)6-7-21(18)23/h2-10,12H,11,13H2,1H3. The Morgan fingerprint density at radius 1 is 1.00 bits per heavy atom. The predicted molar refractivity (Wildman–Crippen MR) is 101 cm³/mol. The average Bonchev–Trinajstić information content (AvgIpc) is 2.59. The van der Waals surface area contributed by atoms with Gasteiger partial charge in [-0.25, -0.2) is 4.39 Å². The van der Waals surface area contributed by atoms with Crippen LogP contribution >= 0.6 is 15.9 Å². The molecule has 4 heteroatoms. The lowest BCUT2D eigenvalue weighted by molar-refractivity contribution is -0.117. The quantitative estimate of drug-likeness (QED) is 0.583. The van der Waals surface area contributed by atoms with Crippen LogP contribution in [0.2, 0.25) is 0 Å². The monoisotopic (exact) mass is 397 g/mol. The van der Waals surface area contributed by atoms with Crippen LogP contribution in [0, 0.1) is 12.7 Å². The van der Waals surface area contributed by atoms with Crippen molar-refractivity contribution in [1.29, 1.82) is 0 Å². The molecule has 0 atom stereocenters. The van der Waals surface area contributed by atoms with Crippen LogP contribution in [-0.4, -0.2) is 10.8 Å². The van der Waals surface area contributed by atoms with Crippen LogP contribution in [0.4, 0.5) is 4.39 Å². The summed E-state index contributed by atoms with van der Waals surface area (Å²) in [7, 11) is 0. The van der Waals surface area contributed by atoms with E-state index in [1.165, 1.54) is 6.07 Å². The van der Waals surface area contributed by atoms with Crippen molar-refractivity contribution in [2.45, 2.75) is 19.8 Å². The minimum absolute atomic E-state index is 0.00972. The number of benzene rings is 2. The summed E-state index contributed by atoms with van der Waals surface area (Å²) < 4.78 is 14.5. The number of hydrogen-bond acceptors (Lipinski definition) is 2. The smallest absolute Gasteiger partial charge is 0.141 e. The maximum Gasteiger partial charge on any atom is 0.141 e. The Bertz CT molecular complexity index is 906. The predicted octanol–water partition coefficient (Wildman–Crippen LogP) is 5.31. The van der Waals surface area contributed by atoms with Gasteiger partial charge in [0.2, 0.25) is 0 Å². The summed E-state index contributed by atoms with van der Waals surface area (Å²) in [6.07, 6.45) is 2.17. The number of nitrogens with zero attached hydrogens (tertiary/aromatic N) is 1. The first kappa shape index (κ1) is 17.5. The Kier molecular flexibility index (Phi) is 5.39. The molecule has 0 N–H and O–H groups in total. The Morgan fingerprint density at radius 2 is 1.76 bits per heavy atom. The first-order chi connectivity index (χ1) is 12.0. The van der Waals surface area contributed by atoms with E-state index < -0.39 is 0 Å². The molecule has 0 aliphatic carbocycles. The summed E-state index contributed by atoms with van der Waals surface area (Å²) in [6.45, 7) is 1.96. The molecular formula is C21H17BrFNO. The summed E-state index contributed by atoms with van der Waals surface area (Å²) >= 11 is 3.31. The van der Waals surface area contributed by atoms with E-state index in [1.807, 2.05) is 43.3 Å². The second-order valence-corrected chi connectivity index (χ2v) is 6.93. The van der Waals surface area contributed by atoms with Gasteiger partial charge in [-0.05, 0) is 59.5 Å². The first-order valence-electron chi connectivity index (χ1n) is 7.99. The summed E-state index contributed by atoms with van der Waals surface area (Å²) in [5.41, 5.74) is 4.49. The summed E-state index contributed by atoms with van der Waals surface area (Å²) in [5, 5.41) is 0. The van der Waals surface area contributed by atoms with E-state index in [2.05, 4.69) is 20.9 Å². The minimum Gasteiger partial charge on any atom is -0.299 e. The lowest BCUT2D eigenvalue weighted by Gasteiger charge is -2.06. The average molecular weight is 398 g/mol. The molecule has 3 aromatic rings. The number of aryl methyl sites for hydroxylation is 1. The van der Waals surface area contributed by atoms with E-state index in [0.717, 1.165) is 26.9 Å². The topological polar surface area (TPSA) is 30.0 Å². The van der Waals surface area contributed by atoms with E-state index >= 15 is 0 Å². The van der Waals surface area contributed by atoms with Gasteiger partial charge < -0.3 is 0 Å². The molecule has 2 nitrogen and oxygen atoms in total. The molecule has 0 saturated carbocycles. The lowest BCUT2D eigenvalue weighted by atomic mass is 9.99. The molecule has 25 heavy (non-hydrogen) atoms. The van der Waals surface area contributed by atoms with Crippen molar-refractivity contribution in [1.82, 2.24) is 4.98 Å². The number of rotatable bonds is 5. The highest BCUT2D eigenvalue weighted by Crippen LogP contribution is 2.21. The third-order valence-electron chi connectivity index (χ3n) is 3.98. The number of hydrogen-bond donors (Lipinski definition) is 0. The normalized spacial score (nSPS) is 10.7. The van der Waals surface area contributed by atoms with E-state index in [0.29, 0.717) is 12.0 Å². The van der Waals surface area contributed by atoms with Gasteiger partial charge in [-0.2, -0.15) is 0 Å². The molecule has 2 aromatic carbocycles. The van der Waals surface area contributed by atoms with Crippen molar-refractivity contribution in [3.63, 3.8) is 0 Å². The van der Waals surface area contributed by atoms with Crippen LogP contribution in [0.3, 0.4) is 0 Å². The van der Waals surface area contributed by atoms with Crippen molar-refractivity contribution in [3.05, 3.63) is 87.9 Å². The maximum atomic E-state index is 13.8. The zero-order chi connectivity index (χ0) is 17.8. The van der Waals surface area contributed by atoms with Gasteiger partial charge in [0.15, 0.2) is 0 Å². The highest BCUT2D eigenvalue weighted by molar-refractivity contribution is 9.10. The fourth-order valence-corrected chi connectivity index (χ4v) is 3.13. The highest BCUT2D eigenvalue weighted by Gasteiger charge is 2.10. The van der Waals surface area contributed by atoms with Gasteiger partial charge in [-0.15, -0.1) is 0 Å². The van der Waals surface area contributed by atoms with Crippen molar-refractivity contribution in [2.75, 3.05) is 0 Å². The Labute approximate surface area is 154 Å². The fraction of sp³-hybridized carbons (Fsp3) is 0.143. The lowest BCUT2D eigenvalue weighted by Crippen LogP contribution is -2.08. The van der Waals surface area contributed by atoms with Crippen molar-refractivity contribution >= 4 is 21.7 Å². The highest BCUT2D eigenvalue weighted by atomic mass is 79.9. The van der Waals surface area contributed by atoms with Gasteiger partial charge in [0, 0.05) is 29.2 Å². The third kappa shape index (κ3) is 4.60. The number of Topliss-reactive ketones (excluding diaryl/α,β-unsaturated/α-hetero) is 1. The number of halogens is 2. The molecule has 0 amide bonds. The summed E-state index contributed by atoms with van der Waals surface area (Å²) in [5.74, 6) is -0.357. The minimum atomic E-state index is -0.347. The fourth-order valence-electron chi connectivity index (χ4n) is 2.72. The largest absolute Gasteiger partial charge is 0.299 e. The number of pyridine rings is 1. The van der Waals surface area contributed by atoms with Crippen LogP contribution in [-0.2, 0) is 17.6 Å². The zero-order valence-corrected chi connectivity index (χ0v) is 15.4. The SMILES string of the molecule is Cc1cc(-c2ccc(CC(=O)Cc3cc(Br)ccc3F)cc2)ccn1. The molecule has 3 rings (SSSR count). The van der Waals surface area contributed by atoms with Gasteiger partial charge in [0.1, 0.15) is 11.6 Å². The van der Waals surface area contributed by atoms with Gasteiger partial charge in [-0.1, -0.05) is 40.2 Å². The maximum absolute atomic E-state index is 13.8. The molecule has 0 aliphatic heterocycles. The van der Waals surface area contributed by atoms with Crippen LogP contribution in [0.5, 0.6) is 0 Å². The number of carbonyl (C=O) groups excluding carboxylic acids is 1. The van der Waals surface area contributed by atoms with Crippen LogP contribution in [0.1, 0.15) is 16.8 Å². The van der Waals surface area contributed by atoms with Gasteiger partial charge >= 0.3 is 0 Å². The molecule has 126 valence electrons. The van der Waals surface area contributed by atoms with Crippen LogP contribution in [0.15, 0.2) is 65.3 Å². The van der Waals surface area contributed by atoms with Gasteiger partial charge in [0.05, 0.1) is 0 Å². The van der Waals surface area contributed by atoms with E-state index in [-0.39, 0.29) is 18.0 Å². The molecule has 0 spiro atoms. The zero-order valence-electron chi connectivity index (χ0n) is 13.8. The first-order valence-corrected chi connectivity index (χ1v) is 8.78. The molecule has 0 aliphatic rings. The van der Waals surface area contributed by atoms with Gasteiger partial charge in [-0.3, -0.25) is 9.78 Å².